The first-order chi connectivity index (χ1) is 16.1. The molecule has 7 nitrogen and oxygen atoms in total. The number of hydrogen-bond acceptors (Lipinski definition) is 7. The molecule has 0 bridgehead atoms. The van der Waals surface area contributed by atoms with Gasteiger partial charge >= 0.3 is 0 Å². The van der Waals surface area contributed by atoms with Crippen molar-refractivity contribution < 1.29 is 4.79 Å². The summed E-state index contributed by atoms with van der Waals surface area (Å²) in [6.45, 7) is 4.08. The van der Waals surface area contributed by atoms with Gasteiger partial charge in [-0.05, 0) is 55.3 Å². The third-order valence-corrected chi connectivity index (χ3v) is 6.89. The van der Waals surface area contributed by atoms with Crippen LogP contribution in [0.4, 0.5) is 5.13 Å². The van der Waals surface area contributed by atoms with Crippen molar-refractivity contribution in [2.45, 2.75) is 19.0 Å². The maximum absolute atomic E-state index is 12.7. The van der Waals surface area contributed by atoms with Gasteiger partial charge in [0.05, 0.1) is 21.7 Å². The molecule has 9 heteroatoms. The van der Waals surface area contributed by atoms with E-state index in [2.05, 4.69) is 31.5 Å². The Morgan fingerprint density at radius 1 is 1.09 bits per heavy atom. The number of rotatable bonds is 6. The lowest BCUT2D eigenvalue weighted by Crippen LogP contribution is -2.14. The monoisotopic (exact) mass is 472 g/mol. The molecule has 0 aliphatic heterocycles. The van der Waals surface area contributed by atoms with Crippen LogP contribution in [0.1, 0.15) is 11.1 Å². The number of nitrogens with one attached hydrogen (secondary N) is 1. The molecule has 164 valence electrons. The van der Waals surface area contributed by atoms with Crippen LogP contribution in [0.5, 0.6) is 0 Å². The van der Waals surface area contributed by atoms with Crippen LogP contribution in [0.25, 0.3) is 27.3 Å². The normalized spacial score (nSPS) is 11.1. The zero-order valence-electron chi connectivity index (χ0n) is 18.0. The average Bonchev–Trinajstić information content (AvgIpc) is 3.42. The van der Waals surface area contributed by atoms with Gasteiger partial charge in [0.25, 0.3) is 0 Å². The third kappa shape index (κ3) is 4.50. The average molecular weight is 473 g/mol. The molecular formula is C24H20N6OS2. The lowest BCUT2D eigenvalue weighted by Gasteiger charge is -2.12. The van der Waals surface area contributed by atoms with Gasteiger partial charge in [-0.15, -0.1) is 10.2 Å². The summed E-state index contributed by atoms with van der Waals surface area (Å²) in [4.78, 5) is 21.4. The summed E-state index contributed by atoms with van der Waals surface area (Å²) < 4.78 is 3.03. The maximum Gasteiger partial charge on any atom is 0.236 e. The van der Waals surface area contributed by atoms with Gasteiger partial charge in [0.15, 0.2) is 16.1 Å². The fraction of sp³-hybridized carbons (Fsp3) is 0.125. The van der Waals surface area contributed by atoms with Crippen LogP contribution in [0.2, 0.25) is 0 Å². The Hall–Kier alpha value is -3.56. The summed E-state index contributed by atoms with van der Waals surface area (Å²) in [5, 5.41) is 12.9. The molecule has 0 aliphatic rings. The zero-order chi connectivity index (χ0) is 22.8. The number of aryl methyl sites for hydroxylation is 2. The van der Waals surface area contributed by atoms with E-state index in [-0.39, 0.29) is 11.7 Å². The molecule has 0 fully saturated rings. The highest BCUT2D eigenvalue weighted by Gasteiger charge is 2.19. The highest BCUT2D eigenvalue weighted by atomic mass is 32.2. The van der Waals surface area contributed by atoms with E-state index < -0.39 is 0 Å². The van der Waals surface area contributed by atoms with Crippen molar-refractivity contribution in [2.24, 2.45) is 0 Å². The van der Waals surface area contributed by atoms with E-state index in [1.807, 2.05) is 66.9 Å². The van der Waals surface area contributed by atoms with Crippen LogP contribution < -0.4 is 5.32 Å². The second-order valence-electron chi connectivity index (χ2n) is 7.50. The Kier molecular flexibility index (Phi) is 5.89. The number of carbonyl (C=O) groups is 1. The van der Waals surface area contributed by atoms with Crippen molar-refractivity contribution in [3.8, 4) is 17.1 Å². The minimum absolute atomic E-state index is 0.141. The van der Waals surface area contributed by atoms with E-state index in [1.165, 1.54) is 28.7 Å². The quantitative estimate of drug-likeness (QED) is 0.338. The predicted octanol–water partition coefficient (Wildman–Crippen LogP) is 5.29. The van der Waals surface area contributed by atoms with Crippen LogP contribution in [0.3, 0.4) is 0 Å². The lowest BCUT2D eigenvalue weighted by molar-refractivity contribution is -0.113. The molecule has 0 atom stereocenters. The van der Waals surface area contributed by atoms with E-state index >= 15 is 0 Å². The molecule has 0 radical (unpaired) electrons. The Morgan fingerprint density at radius 2 is 1.97 bits per heavy atom. The van der Waals surface area contributed by atoms with Crippen LogP contribution in [-0.2, 0) is 4.79 Å². The van der Waals surface area contributed by atoms with E-state index in [0.29, 0.717) is 16.1 Å². The summed E-state index contributed by atoms with van der Waals surface area (Å²) in [6, 6.07) is 17.9. The number of fused-ring (bicyclic) bond motifs is 1. The number of carbonyl (C=O) groups excluding carboxylic acids is 1. The molecule has 1 amide bonds. The van der Waals surface area contributed by atoms with Gasteiger partial charge in [-0.2, -0.15) is 0 Å². The SMILES string of the molecule is Cc1ccc2nc(NC(=O)CSc3nnc(-c4cccnc4)n3-c3ccccc3C)sc2c1. The van der Waals surface area contributed by atoms with E-state index in [9.17, 15) is 4.79 Å². The molecule has 1 N–H and O–H groups in total. The van der Waals surface area contributed by atoms with Crippen molar-refractivity contribution in [1.82, 2.24) is 24.7 Å². The second kappa shape index (κ2) is 9.13. The summed E-state index contributed by atoms with van der Waals surface area (Å²) in [5.41, 5.74) is 4.95. The van der Waals surface area contributed by atoms with Gasteiger partial charge < -0.3 is 5.32 Å². The summed E-state index contributed by atoms with van der Waals surface area (Å²) >= 11 is 2.81. The molecule has 5 rings (SSSR count). The number of thioether (sulfide) groups is 1. The molecular weight excluding hydrogens is 452 g/mol. The van der Waals surface area contributed by atoms with Gasteiger partial charge in [0.2, 0.25) is 5.91 Å². The predicted molar refractivity (Wildman–Crippen MR) is 133 cm³/mol. The number of benzene rings is 2. The Labute approximate surface area is 198 Å². The molecule has 0 unspecified atom stereocenters. The van der Waals surface area contributed by atoms with Crippen LogP contribution in [0.15, 0.2) is 72.1 Å². The maximum atomic E-state index is 12.7. The van der Waals surface area contributed by atoms with Crippen molar-refractivity contribution in [3.63, 3.8) is 0 Å². The Bertz CT molecular complexity index is 1440. The molecule has 3 aromatic heterocycles. The fourth-order valence-electron chi connectivity index (χ4n) is 3.45. The van der Waals surface area contributed by atoms with Gasteiger partial charge in [0, 0.05) is 18.0 Å². The van der Waals surface area contributed by atoms with Crippen molar-refractivity contribution in [3.05, 3.63) is 78.1 Å². The van der Waals surface area contributed by atoms with Crippen LogP contribution in [-0.4, -0.2) is 36.4 Å². The first kappa shape index (κ1) is 21.3. The van der Waals surface area contributed by atoms with E-state index in [1.54, 1.807) is 12.4 Å². The number of para-hydroxylation sites is 1. The number of anilines is 1. The number of pyridine rings is 1. The number of hydrogen-bond donors (Lipinski definition) is 1. The summed E-state index contributed by atoms with van der Waals surface area (Å²) in [5.74, 6) is 0.728. The molecule has 0 aliphatic carbocycles. The van der Waals surface area contributed by atoms with E-state index in [0.717, 1.165) is 27.0 Å². The van der Waals surface area contributed by atoms with Crippen molar-refractivity contribution in [1.29, 1.82) is 0 Å². The summed E-state index contributed by atoms with van der Waals surface area (Å²) in [6.07, 6.45) is 3.48. The Morgan fingerprint density at radius 3 is 2.79 bits per heavy atom. The minimum Gasteiger partial charge on any atom is -0.301 e. The number of nitrogens with zero attached hydrogens (tertiary/aromatic N) is 5. The van der Waals surface area contributed by atoms with Crippen LogP contribution >= 0.6 is 23.1 Å². The standard InChI is InChI=1S/C24H20N6OS2/c1-15-9-10-18-20(12-15)33-23(26-18)27-21(31)14-32-24-29-28-22(17-7-5-11-25-13-17)30(24)19-8-4-3-6-16(19)2/h3-13H,14H2,1-2H3,(H,26,27,31). The lowest BCUT2D eigenvalue weighted by atomic mass is 10.2. The largest absolute Gasteiger partial charge is 0.301 e. The fourth-order valence-corrected chi connectivity index (χ4v) is 5.17. The molecule has 3 heterocycles. The Balaban J connectivity index is 1.39. The number of aromatic nitrogens is 5. The van der Waals surface area contributed by atoms with Crippen molar-refractivity contribution >= 4 is 44.4 Å². The molecule has 2 aromatic carbocycles. The van der Waals surface area contributed by atoms with E-state index in [4.69, 9.17) is 0 Å². The molecule has 0 saturated carbocycles. The van der Waals surface area contributed by atoms with Crippen LogP contribution in [0, 0.1) is 13.8 Å². The number of amides is 1. The number of thiazole rings is 1. The second-order valence-corrected chi connectivity index (χ2v) is 9.47. The topological polar surface area (TPSA) is 85.6 Å². The highest BCUT2D eigenvalue weighted by Crippen LogP contribution is 2.30. The molecule has 0 spiro atoms. The smallest absolute Gasteiger partial charge is 0.236 e. The van der Waals surface area contributed by atoms with Gasteiger partial charge in [-0.25, -0.2) is 4.98 Å². The first-order valence-corrected chi connectivity index (χ1v) is 12.1. The minimum atomic E-state index is -0.141. The third-order valence-electron chi connectivity index (χ3n) is 5.03. The molecule has 0 saturated heterocycles. The highest BCUT2D eigenvalue weighted by molar-refractivity contribution is 7.99. The summed E-state index contributed by atoms with van der Waals surface area (Å²) in [7, 11) is 0. The zero-order valence-corrected chi connectivity index (χ0v) is 19.7. The first-order valence-electron chi connectivity index (χ1n) is 10.3. The molecule has 33 heavy (non-hydrogen) atoms. The van der Waals surface area contributed by atoms with Gasteiger partial charge in [-0.1, -0.05) is 47.4 Å². The van der Waals surface area contributed by atoms with Gasteiger partial charge in [0.1, 0.15) is 0 Å². The van der Waals surface area contributed by atoms with Gasteiger partial charge in [-0.3, -0.25) is 14.3 Å². The molecule has 5 aromatic rings. The van der Waals surface area contributed by atoms with Crippen molar-refractivity contribution in [2.75, 3.05) is 11.1 Å².